The van der Waals surface area contributed by atoms with Crippen molar-refractivity contribution in [1.29, 1.82) is 0 Å². The highest BCUT2D eigenvalue weighted by atomic mass is 16.6. The summed E-state index contributed by atoms with van der Waals surface area (Å²) in [6.07, 6.45) is 4.90. The standard InChI is InChI=1S/C31H42N2O6/c1-7-9-15-38-30(37)25-24-12-13-31(39-24)26(25)28(35)33(22(18-34)16-19(3)4)27(31)29(36)32(14-8-2)23-17-20(5)10-11-21(23)6/h7-8,10-11,17,19,22,24-27,34H,1-2,9,12-16,18H2,3-6H3/t22-,24-,25+,26+,27?,31?/m1/s1. The number of carbonyl (C=O) groups is 3. The number of ether oxygens (including phenoxy) is 2. The lowest BCUT2D eigenvalue weighted by molar-refractivity contribution is -0.155. The van der Waals surface area contributed by atoms with E-state index in [4.69, 9.17) is 9.47 Å². The first-order chi connectivity index (χ1) is 18.6. The van der Waals surface area contributed by atoms with E-state index in [9.17, 15) is 19.5 Å². The molecule has 8 nitrogen and oxygen atoms in total. The van der Waals surface area contributed by atoms with Crippen LogP contribution >= 0.6 is 0 Å². The first-order valence-corrected chi connectivity index (χ1v) is 14.0. The Bertz CT molecular complexity index is 1130. The number of nitrogens with zero attached hydrogens (tertiary/aromatic N) is 2. The van der Waals surface area contributed by atoms with Crippen LogP contribution < -0.4 is 4.90 Å². The molecule has 1 N–H and O–H groups in total. The Morgan fingerprint density at radius 1 is 1.28 bits per heavy atom. The Labute approximate surface area is 231 Å². The molecular weight excluding hydrogens is 496 g/mol. The van der Waals surface area contributed by atoms with Gasteiger partial charge in [-0.3, -0.25) is 14.4 Å². The van der Waals surface area contributed by atoms with E-state index in [2.05, 4.69) is 13.2 Å². The van der Waals surface area contributed by atoms with Gasteiger partial charge in [-0.1, -0.05) is 38.1 Å². The molecule has 6 atom stereocenters. The van der Waals surface area contributed by atoms with Crippen molar-refractivity contribution in [2.75, 3.05) is 24.7 Å². The topological polar surface area (TPSA) is 96.4 Å². The molecule has 3 aliphatic heterocycles. The molecule has 4 rings (SSSR count). The summed E-state index contributed by atoms with van der Waals surface area (Å²) in [5.41, 5.74) is 1.50. The van der Waals surface area contributed by atoms with Crippen molar-refractivity contribution < 1.29 is 29.0 Å². The van der Waals surface area contributed by atoms with Crippen LogP contribution in [-0.2, 0) is 23.9 Å². The normalized spacial score (nSPS) is 27.9. The van der Waals surface area contributed by atoms with E-state index in [0.717, 1.165) is 16.8 Å². The van der Waals surface area contributed by atoms with E-state index in [1.807, 2.05) is 45.9 Å². The first kappa shape index (κ1) is 29.0. The molecule has 0 saturated carbocycles. The van der Waals surface area contributed by atoms with Gasteiger partial charge in [0.05, 0.1) is 37.2 Å². The maximum Gasteiger partial charge on any atom is 0.312 e. The van der Waals surface area contributed by atoms with Crippen molar-refractivity contribution in [3.8, 4) is 0 Å². The van der Waals surface area contributed by atoms with Crippen molar-refractivity contribution in [1.82, 2.24) is 4.90 Å². The van der Waals surface area contributed by atoms with Crippen LogP contribution in [-0.4, -0.2) is 71.3 Å². The highest BCUT2D eigenvalue weighted by Crippen LogP contribution is 2.59. The summed E-state index contributed by atoms with van der Waals surface area (Å²) in [7, 11) is 0. The van der Waals surface area contributed by atoms with E-state index in [1.165, 1.54) is 0 Å². The maximum absolute atomic E-state index is 14.7. The second-order valence-electron chi connectivity index (χ2n) is 11.5. The van der Waals surface area contributed by atoms with Crippen LogP contribution in [0.5, 0.6) is 0 Å². The van der Waals surface area contributed by atoms with Crippen LogP contribution in [0.2, 0.25) is 0 Å². The third-order valence-electron chi connectivity index (χ3n) is 8.39. The van der Waals surface area contributed by atoms with Gasteiger partial charge in [0, 0.05) is 12.2 Å². The van der Waals surface area contributed by atoms with Gasteiger partial charge in [0.2, 0.25) is 5.91 Å². The van der Waals surface area contributed by atoms with E-state index >= 15 is 0 Å². The fraction of sp³-hybridized carbons (Fsp3) is 0.581. The number of anilines is 1. The number of hydrogen-bond donors (Lipinski definition) is 1. The van der Waals surface area contributed by atoms with E-state index in [0.29, 0.717) is 25.7 Å². The summed E-state index contributed by atoms with van der Waals surface area (Å²) >= 11 is 0. The number of esters is 1. The number of carbonyl (C=O) groups excluding carboxylic acids is 3. The molecule has 3 heterocycles. The van der Waals surface area contributed by atoms with E-state index < -0.39 is 41.6 Å². The maximum atomic E-state index is 14.7. The smallest absolute Gasteiger partial charge is 0.312 e. The Hall–Kier alpha value is -2.97. The van der Waals surface area contributed by atoms with Crippen molar-refractivity contribution in [2.24, 2.45) is 17.8 Å². The molecule has 8 heteroatoms. The number of benzene rings is 1. The third kappa shape index (κ3) is 5.05. The highest BCUT2D eigenvalue weighted by Gasteiger charge is 2.75. The van der Waals surface area contributed by atoms with Crippen molar-refractivity contribution in [3.05, 3.63) is 54.6 Å². The van der Waals surface area contributed by atoms with Gasteiger partial charge in [0.1, 0.15) is 11.6 Å². The highest BCUT2D eigenvalue weighted by molar-refractivity contribution is 6.05. The predicted octanol–water partition coefficient (Wildman–Crippen LogP) is 3.72. The Kier molecular flexibility index (Phi) is 8.66. The average Bonchev–Trinajstić information content (AvgIpc) is 3.54. The molecule has 0 aliphatic carbocycles. The molecule has 2 amide bonds. The number of fused-ring (bicyclic) bond motifs is 1. The van der Waals surface area contributed by atoms with Gasteiger partial charge in [-0.2, -0.15) is 0 Å². The van der Waals surface area contributed by atoms with E-state index in [1.54, 1.807) is 22.0 Å². The number of rotatable bonds is 12. The average molecular weight is 539 g/mol. The minimum Gasteiger partial charge on any atom is -0.465 e. The summed E-state index contributed by atoms with van der Waals surface area (Å²) in [4.78, 5) is 45.4. The Morgan fingerprint density at radius 2 is 2.03 bits per heavy atom. The molecule has 39 heavy (non-hydrogen) atoms. The lowest BCUT2D eigenvalue weighted by Crippen LogP contribution is -2.59. The molecular formula is C31H42N2O6. The molecule has 212 valence electrons. The summed E-state index contributed by atoms with van der Waals surface area (Å²) in [5, 5.41) is 10.5. The molecule has 2 bridgehead atoms. The number of aliphatic hydroxyl groups excluding tert-OH is 1. The van der Waals surface area contributed by atoms with Crippen molar-refractivity contribution in [3.63, 3.8) is 0 Å². The number of likely N-dealkylation sites (tertiary alicyclic amines) is 1. The van der Waals surface area contributed by atoms with E-state index in [-0.39, 0.29) is 37.5 Å². The van der Waals surface area contributed by atoms with Crippen LogP contribution in [0, 0.1) is 31.6 Å². The number of hydrogen-bond acceptors (Lipinski definition) is 6. The second-order valence-corrected chi connectivity index (χ2v) is 11.5. The zero-order chi connectivity index (χ0) is 28.5. The SMILES string of the molecule is C=CCCOC(=O)[C@@H]1[C@H]2C(=O)N([C@@H](CO)CC(C)C)C(C(=O)N(CC=C)c3cc(C)ccc3C)C23CC[C@H]1O3. The van der Waals surface area contributed by atoms with Gasteiger partial charge in [0.15, 0.2) is 0 Å². The molecule has 0 aromatic heterocycles. The fourth-order valence-corrected chi connectivity index (χ4v) is 6.78. The third-order valence-corrected chi connectivity index (χ3v) is 8.39. The summed E-state index contributed by atoms with van der Waals surface area (Å²) < 4.78 is 12.1. The Morgan fingerprint density at radius 3 is 2.67 bits per heavy atom. The molecule has 3 aliphatic rings. The molecule has 1 spiro atoms. The largest absolute Gasteiger partial charge is 0.465 e. The fourth-order valence-electron chi connectivity index (χ4n) is 6.78. The summed E-state index contributed by atoms with van der Waals surface area (Å²) in [6, 6.07) is 4.34. The van der Waals surface area contributed by atoms with Gasteiger partial charge in [-0.15, -0.1) is 13.2 Å². The second kappa shape index (κ2) is 11.6. The monoisotopic (exact) mass is 538 g/mol. The molecule has 1 aromatic rings. The zero-order valence-corrected chi connectivity index (χ0v) is 23.6. The van der Waals surface area contributed by atoms with Crippen LogP contribution in [0.1, 0.15) is 50.7 Å². The first-order valence-electron chi connectivity index (χ1n) is 14.0. The zero-order valence-electron chi connectivity index (χ0n) is 23.6. The van der Waals surface area contributed by atoms with Crippen LogP contribution in [0.25, 0.3) is 0 Å². The number of aliphatic hydroxyl groups is 1. The molecule has 3 saturated heterocycles. The molecule has 3 fully saturated rings. The van der Waals surface area contributed by atoms with Gasteiger partial charge < -0.3 is 24.4 Å². The minimum atomic E-state index is -1.16. The van der Waals surface area contributed by atoms with Gasteiger partial charge in [-0.25, -0.2) is 0 Å². The summed E-state index contributed by atoms with van der Waals surface area (Å²) in [5.74, 6) is -2.54. The summed E-state index contributed by atoms with van der Waals surface area (Å²) in [6.45, 7) is 15.6. The van der Waals surface area contributed by atoms with Crippen molar-refractivity contribution in [2.45, 2.75) is 77.2 Å². The van der Waals surface area contributed by atoms with Gasteiger partial charge in [-0.05, 0) is 62.6 Å². The molecule has 2 unspecified atom stereocenters. The van der Waals surface area contributed by atoms with Crippen LogP contribution in [0.3, 0.4) is 0 Å². The predicted molar refractivity (Wildman–Crippen MR) is 149 cm³/mol. The minimum absolute atomic E-state index is 0.170. The van der Waals surface area contributed by atoms with Crippen LogP contribution in [0.15, 0.2) is 43.5 Å². The Balaban J connectivity index is 1.81. The van der Waals surface area contributed by atoms with Crippen LogP contribution in [0.4, 0.5) is 5.69 Å². The number of aryl methyl sites for hydroxylation is 2. The van der Waals surface area contributed by atoms with Gasteiger partial charge in [0.25, 0.3) is 5.91 Å². The van der Waals surface area contributed by atoms with Crippen molar-refractivity contribution >= 4 is 23.5 Å². The lowest BCUT2D eigenvalue weighted by atomic mass is 9.70. The molecule has 0 radical (unpaired) electrons. The number of amides is 2. The lowest BCUT2D eigenvalue weighted by Gasteiger charge is -2.40. The van der Waals surface area contributed by atoms with Gasteiger partial charge >= 0.3 is 5.97 Å². The quantitative estimate of drug-likeness (QED) is 0.248. The molecule has 1 aromatic carbocycles.